The van der Waals surface area contributed by atoms with Crippen LogP contribution in [0.4, 0.5) is 0 Å². The molecule has 1 atom stereocenters. The smallest absolute Gasteiger partial charge is 0.198 e. The zero-order chi connectivity index (χ0) is 17.1. The molecule has 0 aliphatic heterocycles. The molecular weight excluding hydrogens is 290 g/mol. The highest BCUT2D eigenvalue weighted by atomic mass is 16.4. The molecule has 2 aromatic rings. The molecule has 0 aliphatic rings. The van der Waals surface area contributed by atoms with E-state index in [1.54, 1.807) is 62.8 Å². The quantitative estimate of drug-likeness (QED) is 0.860. The largest absolute Gasteiger partial charge is 0.388 e. The van der Waals surface area contributed by atoms with Crippen LogP contribution in [0.2, 0.25) is 0 Å². The van der Waals surface area contributed by atoms with Gasteiger partial charge in [0, 0.05) is 32.6 Å². The van der Waals surface area contributed by atoms with E-state index >= 15 is 0 Å². The van der Waals surface area contributed by atoms with E-state index in [-0.39, 0.29) is 18.6 Å². The van der Waals surface area contributed by atoms with Gasteiger partial charge in [0.25, 0.3) is 0 Å². The van der Waals surface area contributed by atoms with E-state index in [1.165, 1.54) is 0 Å². The summed E-state index contributed by atoms with van der Waals surface area (Å²) >= 11 is 0. The van der Waals surface area contributed by atoms with E-state index in [1.807, 2.05) is 18.2 Å². The molecule has 0 saturated carbocycles. The minimum atomic E-state index is -1.65. The predicted octanol–water partition coefficient (Wildman–Crippen LogP) is 3.32. The molecule has 0 spiro atoms. The molecule has 2 aromatic carbocycles. The lowest BCUT2D eigenvalue weighted by molar-refractivity contribution is 0.0258. The highest BCUT2D eigenvalue weighted by Crippen LogP contribution is 2.30. The summed E-state index contributed by atoms with van der Waals surface area (Å²) in [5, 5.41) is 19.6. The first kappa shape index (κ1) is 18.6. The molecular formula is C19H21NO3. The third-order valence-corrected chi connectivity index (χ3v) is 3.26. The Hall–Kier alpha value is -2.48. The number of methoxy groups -OCH3 is 1. The van der Waals surface area contributed by atoms with Crippen LogP contribution in [-0.4, -0.2) is 25.1 Å². The highest BCUT2D eigenvalue weighted by Gasteiger charge is 2.37. The molecule has 0 radical (unpaired) electrons. The molecule has 4 nitrogen and oxygen atoms in total. The van der Waals surface area contributed by atoms with E-state index in [2.05, 4.69) is 4.74 Å². The van der Waals surface area contributed by atoms with Gasteiger partial charge < -0.3 is 9.84 Å². The molecule has 0 amide bonds. The van der Waals surface area contributed by atoms with Gasteiger partial charge in [-0.2, -0.15) is 5.26 Å². The molecule has 0 bridgehead atoms. The van der Waals surface area contributed by atoms with Crippen LogP contribution in [0.5, 0.6) is 0 Å². The van der Waals surface area contributed by atoms with Gasteiger partial charge in [-0.1, -0.05) is 60.7 Å². The summed E-state index contributed by atoms with van der Waals surface area (Å²) < 4.78 is 4.25. The molecule has 0 aliphatic carbocycles. The fraction of sp³-hybridized carbons (Fsp3) is 0.263. The second-order valence-corrected chi connectivity index (χ2v) is 4.99. The topological polar surface area (TPSA) is 70.3 Å². The number of hydrogen-bond donors (Lipinski definition) is 1. The third-order valence-electron chi connectivity index (χ3n) is 3.26. The minimum Gasteiger partial charge on any atom is -0.388 e. The summed E-state index contributed by atoms with van der Waals surface area (Å²) in [6, 6.07) is 19.4. The van der Waals surface area contributed by atoms with Crippen LogP contribution < -0.4 is 0 Å². The van der Waals surface area contributed by atoms with Crippen LogP contribution in [0.15, 0.2) is 60.7 Å². The van der Waals surface area contributed by atoms with Gasteiger partial charge in [-0.3, -0.25) is 4.79 Å². The number of aliphatic hydroxyl groups is 1. The maximum atomic E-state index is 12.6. The van der Waals surface area contributed by atoms with Crippen molar-refractivity contribution in [2.45, 2.75) is 18.4 Å². The number of nitriles is 1. The Bertz CT molecular complexity index is 635. The van der Waals surface area contributed by atoms with Crippen LogP contribution >= 0.6 is 0 Å². The third kappa shape index (κ3) is 5.03. The Labute approximate surface area is 137 Å². The van der Waals surface area contributed by atoms with Crippen molar-refractivity contribution in [1.82, 2.24) is 0 Å². The number of hydrogen-bond acceptors (Lipinski definition) is 4. The summed E-state index contributed by atoms with van der Waals surface area (Å²) in [6.07, 6.45) is 0.200. The summed E-state index contributed by atoms with van der Waals surface area (Å²) in [4.78, 5) is 12.6. The van der Waals surface area contributed by atoms with Crippen molar-refractivity contribution in [3.05, 3.63) is 71.8 Å². The fourth-order valence-electron chi connectivity index (χ4n) is 2.17. The number of carbonyl (C=O) groups is 1. The van der Waals surface area contributed by atoms with E-state index < -0.39 is 5.60 Å². The van der Waals surface area contributed by atoms with Crippen molar-refractivity contribution in [3.8, 4) is 6.07 Å². The van der Waals surface area contributed by atoms with Crippen LogP contribution in [0, 0.1) is 11.3 Å². The molecule has 0 aromatic heterocycles. The number of nitrogens with zero attached hydrogens (tertiary/aromatic N) is 1. The van der Waals surface area contributed by atoms with E-state index in [4.69, 9.17) is 5.26 Å². The lowest BCUT2D eigenvalue weighted by Crippen LogP contribution is -2.35. The van der Waals surface area contributed by atoms with Gasteiger partial charge >= 0.3 is 0 Å². The molecule has 4 heteroatoms. The van der Waals surface area contributed by atoms with Gasteiger partial charge in [0.15, 0.2) is 11.4 Å². The van der Waals surface area contributed by atoms with Gasteiger partial charge in [0.2, 0.25) is 0 Å². The monoisotopic (exact) mass is 311 g/mol. The molecule has 0 heterocycles. The number of rotatable bonds is 5. The van der Waals surface area contributed by atoms with Crippen molar-refractivity contribution in [2.75, 3.05) is 14.2 Å². The molecule has 23 heavy (non-hydrogen) atoms. The lowest BCUT2D eigenvalue weighted by Gasteiger charge is -2.26. The van der Waals surface area contributed by atoms with Crippen LogP contribution in [-0.2, 0) is 10.3 Å². The van der Waals surface area contributed by atoms with Gasteiger partial charge in [0.05, 0.1) is 6.07 Å². The number of ketones is 1. The summed E-state index contributed by atoms with van der Waals surface area (Å²) in [5.74, 6) is -0.375. The average Bonchev–Trinajstić information content (AvgIpc) is 2.61. The SMILES string of the molecule is COC.N#CCCC(O)(C(=O)c1ccccc1)c1ccccc1. The van der Waals surface area contributed by atoms with E-state index in [0.717, 1.165) is 0 Å². The predicted molar refractivity (Wildman–Crippen MR) is 88.9 cm³/mol. The minimum absolute atomic E-state index is 0.0846. The number of Topliss-reactive ketones (excluding diaryl/α,β-unsaturated/α-hetero) is 1. The van der Waals surface area contributed by atoms with E-state index in [0.29, 0.717) is 11.1 Å². The van der Waals surface area contributed by atoms with Gasteiger partial charge in [0.1, 0.15) is 0 Å². The molecule has 2 rings (SSSR count). The Morgan fingerprint density at radius 2 is 1.57 bits per heavy atom. The Kier molecular flexibility index (Phi) is 7.69. The summed E-state index contributed by atoms with van der Waals surface area (Å²) in [7, 11) is 3.25. The maximum Gasteiger partial charge on any atom is 0.198 e. The first-order valence-corrected chi connectivity index (χ1v) is 7.25. The zero-order valence-corrected chi connectivity index (χ0v) is 13.4. The van der Waals surface area contributed by atoms with Crippen LogP contribution in [0.25, 0.3) is 0 Å². The van der Waals surface area contributed by atoms with Crippen molar-refractivity contribution >= 4 is 5.78 Å². The average molecular weight is 311 g/mol. The number of benzene rings is 2. The summed E-state index contributed by atoms with van der Waals surface area (Å²) in [6.45, 7) is 0. The second-order valence-electron chi connectivity index (χ2n) is 4.99. The van der Waals surface area contributed by atoms with Crippen molar-refractivity contribution < 1.29 is 14.6 Å². The number of carbonyl (C=O) groups excluding carboxylic acids is 1. The molecule has 0 fully saturated rings. The summed E-state index contributed by atoms with van der Waals surface area (Å²) in [5.41, 5.74) is -0.695. The van der Waals surface area contributed by atoms with Crippen molar-refractivity contribution in [1.29, 1.82) is 5.26 Å². The Morgan fingerprint density at radius 3 is 2.04 bits per heavy atom. The normalized spacial score (nSPS) is 12.3. The fourth-order valence-corrected chi connectivity index (χ4v) is 2.17. The molecule has 1 N–H and O–H groups in total. The maximum absolute atomic E-state index is 12.6. The first-order valence-electron chi connectivity index (χ1n) is 7.25. The second kappa shape index (κ2) is 9.52. The molecule has 120 valence electrons. The van der Waals surface area contributed by atoms with Crippen molar-refractivity contribution in [3.63, 3.8) is 0 Å². The van der Waals surface area contributed by atoms with Crippen LogP contribution in [0.1, 0.15) is 28.8 Å². The van der Waals surface area contributed by atoms with Gasteiger partial charge in [-0.25, -0.2) is 0 Å². The molecule has 0 saturated heterocycles. The van der Waals surface area contributed by atoms with E-state index in [9.17, 15) is 9.90 Å². The Morgan fingerprint density at radius 1 is 1.09 bits per heavy atom. The number of ether oxygens (including phenoxy) is 1. The Balaban J connectivity index is 0.000000816. The lowest BCUT2D eigenvalue weighted by atomic mass is 9.82. The van der Waals surface area contributed by atoms with Gasteiger partial charge in [-0.05, 0) is 5.56 Å². The van der Waals surface area contributed by atoms with Crippen molar-refractivity contribution in [2.24, 2.45) is 0 Å². The zero-order valence-electron chi connectivity index (χ0n) is 13.4. The van der Waals surface area contributed by atoms with Gasteiger partial charge in [-0.15, -0.1) is 0 Å². The van der Waals surface area contributed by atoms with Crippen LogP contribution in [0.3, 0.4) is 0 Å². The standard InChI is InChI=1S/C17H15NO2.C2H6O/c18-13-7-12-17(20,15-10-5-2-6-11-15)16(19)14-8-3-1-4-9-14;1-3-2/h1-6,8-11,20H,7,12H2;1-2H3. The first-order chi connectivity index (χ1) is 11.1. The molecule has 1 unspecified atom stereocenters. The highest BCUT2D eigenvalue weighted by molar-refractivity contribution is 6.02.